The summed E-state index contributed by atoms with van der Waals surface area (Å²) in [5.74, 6) is -1.29. The quantitative estimate of drug-likeness (QED) is 0.321. The highest BCUT2D eigenvalue weighted by atomic mass is 16.5. The monoisotopic (exact) mass is 469 g/mol. The molecule has 0 bridgehead atoms. The molecule has 8 nitrogen and oxygen atoms in total. The molecule has 3 N–H and O–H groups in total. The molecule has 9 heteroatoms. The Morgan fingerprint density at radius 2 is 1.94 bits per heavy atom. The summed E-state index contributed by atoms with van der Waals surface area (Å²) in [5, 5.41) is 31.5. The lowest BCUT2D eigenvalue weighted by Crippen LogP contribution is -2.49. The average Bonchev–Trinajstić information content (AvgIpc) is 3.01. The van der Waals surface area contributed by atoms with Crippen LogP contribution in [0.4, 0.5) is 4.79 Å². The van der Waals surface area contributed by atoms with Crippen LogP contribution < -0.4 is 5.32 Å². The van der Waals surface area contributed by atoms with E-state index in [4.69, 9.17) is 4.74 Å². The maximum absolute atomic E-state index is 13.1. The van der Waals surface area contributed by atoms with E-state index in [-0.39, 0.29) is 36.0 Å². The van der Waals surface area contributed by atoms with Crippen molar-refractivity contribution >= 4 is 19.1 Å². The van der Waals surface area contributed by atoms with Crippen molar-refractivity contribution in [2.45, 2.75) is 71.8 Å². The minimum atomic E-state index is -1.76. The van der Waals surface area contributed by atoms with E-state index in [0.717, 1.165) is 30.4 Å². The van der Waals surface area contributed by atoms with Crippen LogP contribution in [-0.2, 0) is 16.0 Å². The third kappa shape index (κ3) is 8.84. The smallest absolute Gasteiger partial charge is 0.447 e. The molecule has 1 saturated heterocycles. The maximum Gasteiger partial charge on any atom is 0.475 e. The molecule has 1 aliphatic rings. The van der Waals surface area contributed by atoms with Gasteiger partial charge in [-0.15, -0.1) is 0 Å². The first-order chi connectivity index (χ1) is 16.0. The van der Waals surface area contributed by atoms with Crippen molar-refractivity contribution in [3.63, 3.8) is 0 Å². The summed E-state index contributed by atoms with van der Waals surface area (Å²) in [7, 11) is -1.76. The van der Waals surface area contributed by atoms with Crippen molar-refractivity contribution in [2.24, 2.45) is 5.41 Å². The first-order valence-corrected chi connectivity index (χ1v) is 11.8. The number of aryl methyl sites for hydroxylation is 1. The number of nitrogens with one attached hydrogen (secondary N) is 1. The normalized spacial score (nSPS) is 17.9. The van der Waals surface area contributed by atoms with Gasteiger partial charge in [-0.3, -0.25) is 4.79 Å². The van der Waals surface area contributed by atoms with Gasteiger partial charge in [0, 0.05) is 6.54 Å². The van der Waals surface area contributed by atoms with Crippen molar-refractivity contribution < 1.29 is 24.4 Å². The number of rotatable bonds is 7. The van der Waals surface area contributed by atoms with Crippen LogP contribution in [0.15, 0.2) is 35.9 Å². The zero-order valence-electron chi connectivity index (χ0n) is 20.6. The third-order valence-corrected chi connectivity index (χ3v) is 5.71. The molecular weight excluding hydrogens is 433 g/mol. The summed E-state index contributed by atoms with van der Waals surface area (Å²) in [4.78, 5) is 27.2. The van der Waals surface area contributed by atoms with Crippen LogP contribution >= 0.6 is 0 Å². The standard InChI is InChI=1S/C25H36BN3O5/c1-18-9-11-19(12-10-18)14-22(26(32)33)28-24(31)34-17-21-8-6-5-7-13-29(21)23(30)20(16-27)15-25(2,3)4/h9-12,15,21-22,32-33H,5-8,13-14,17H2,1-4H3,(H,28,31)/t21-,22?/m1/s1. The van der Waals surface area contributed by atoms with Crippen molar-refractivity contribution in [3.05, 3.63) is 47.0 Å². The number of hydrogen-bond donors (Lipinski definition) is 3. The fourth-order valence-electron chi connectivity index (χ4n) is 3.92. The van der Waals surface area contributed by atoms with Crippen molar-refractivity contribution in [1.82, 2.24) is 10.2 Å². The number of carbonyl (C=O) groups excluding carboxylic acids is 2. The first kappa shape index (κ1) is 27.4. The molecule has 2 rings (SSSR count). The highest BCUT2D eigenvalue weighted by Crippen LogP contribution is 2.23. The number of benzene rings is 1. The van der Waals surface area contributed by atoms with Crippen LogP contribution in [0.5, 0.6) is 0 Å². The lowest BCUT2D eigenvalue weighted by atomic mass is 9.76. The zero-order chi connectivity index (χ0) is 25.3. The van der Waals surface area contributed by atoms with Gasteiger partial charge in [0.05, 0.1) is 12.0 Å². The van der Waals surface area contributed by atoms with E-state index in [1.807, 2.05) is 58.0 Å². The van der Waals surface area contributed by atoms with Crippen LogP contribution in [-0.4, -0.2) is 59.2 Å². The van der Waals surface area contributed by atoms with Crippen molar-refractivity contribution in [1.29, 1.82) is 5.26 Å². The van der Waals surface area contributed by atoms with Crippen LogP contribution in [0.1, 0.15) is 57.6 Å². The highest BCUT2D eigenvalue weighted by molar-refractivity contribution is 6.43. The summed E-state index contributed by atoms with van der Waals surface area (Å²) in [6, 6.07) is 9.22. The number of allylic oxidation sites excluding steroid dienone is 1. The molecule has 2 amide bonds. The second-order valence-corrected chi connectivity index (χ2v) is 9.99. The molecule has 1 aromatic rings. The molecule has 2 atom stereocenters. The van der Waals surface area contributed by atoms with Crippen LogP contribution in [0.2, 0.25) is 0 Å². The van der Waals surface area contributed by atoms with E-state index < -0.39 is 19.2 Å². The Bertz CT molecular complexity index is 903. The number of hydrogen-bond acceptors (Lipinski definition) is 6. The minimum absolute atomic E-state index is 0.0371. The third-order valence-electron chi connectivity index (χ3n) is 5.71. The summed E-state index contributed by atoms with van der Waals surface area (Å²) in [6.07, 6.45) is 4.42. The number of likely N-dealkylation sites (tertiary alicyclic amines) is 1. The Hall–Kier alpha value is -2.83. The molecule has 0 spiro atoms. The lowest BCUT2D eigenvalue weighted by Gasteiger charge is -2.30. The van der Waals surface area contributed by atoms with E-state index >= 15 is 0 Å². The Morgan fingerprint density at radius 3 is 2.53 bits per heavy atom. The van der Waals surface area contributed by atoms with Gasteiger partial charge in [0.2, 0.25) is 0 Å². The first-order valence-electron chi connectivity index (χ1n) is 11.8. The molecule has 1 unspecified atom stereocenters. The van der Waals surface area contributed by atoms with Gasteiger partial charge in [0.25, 0.3) is 5.91 Å². The molecule has 34 heavy (non-hydrogen) atoms. The van der Waals surface area contributed by atoms with E-state index in [0.29, 0.717) is 13.0 Å². The van der Waals surface area contributed by atoms with Gasteiger partial charge < -0.3 is 25.0 Å². The fourth-order valence-corrected chi connectivity index (χ4v) is 3.92. The highest BCUT2D eigenvalue weighted by Gasteiger charge is 2.31. The van der Waals surface area contributed by atoms with E-state index in [2.05, 4.69) is 5.32 Å². The van der Waals surface area contributed by atoms with Gasteiger partial charge in [-0.1, -0.05) is 69.5 Å². The van der Waals surface area contributed by atoms with Crippen LogP contribution in [0.3, 0.4) is 0 Å². The van der Waals surface area contributed by atoms with Gasteiger partial charge in [-0.05, 0) is 37.2 Å². The summed E-state index contributed by atoms with van der Waals surface area (Å²) in [5.41, 5.74) is 1.69. The molecule has 184 valence electrons. The molecule has 0 saturated carbocycles. The second-order valence-electron chi connectivity index (χ2n) is 9.99. The molecule has 0 radical (unpaired) electrons. The molecule has 0 aliphatic carbocycles. The number of nitriles is 1. The maximum atomic E-state index is 13.1. The SMILES string of the molecule is Cc1ccc(CC(NC(=O)OC[C@H]2CCCCCN2C(=O)C(C#N)=CC(C)(C)C)B(O)O)cc1. The minimum Gasteiger partial charge on any atom is -0.447 e. The Morgan fingerprint density at radius 1 is 1.26 bits per heavy atom. The topological polar surface area (TPSA) is 123 Å². The molecule has 1 aromatic carbocycles. The number of amides is 2. The number of nitrogens with zero attached hydrogens (tertiary/aromatic N) is 2. The summed E-state index contributed by atoms with van der Waals surface area (Å²) < 4.78 is 5.40. The van der Waals surface area contributed by atoms with Crippen molar-refractivity contribution in [3.8, 4) is 6.07 Å². The Kier molecular flexibility index (Phi) is 10.1. The van der Waals surface area contributed by atoms with Gasteiger partial charge in [-0.2, -0.15) is 5.26 Å². The van der Waals surface area contributed by atoms with Crippen LogP contribution in [0, 0.1) is 23.7 Å². The average molecular weight is 469 g/mol. The second kappa shape index (κ2) is 12.6. The molecule has 0 aromatic heterocycles. The van der Waals surface area contributed by atoms with E-state index in [1.54, 1.807) is 11.0 Å². The Labute approximate surface area is 202 Å². The van der Waals surface area contributed by atoms with Gasteiger partial charge in [0.15, 0.2) is 0 Å². The number of alkyl carbamates (subject to hydrolysis) is 1. The molecule has 1 heterocycles. The van der Waals surface area contributed by atoms with Crippen LogP contribution in [0.25, 0.3) is 0 Å². The number of carbonyl (C=O) groups is 2. The largest absolute Gasteiger partial charge is 0.475 e. The van der Waals surface area contributed by atoms with Crippen molar-refractivity contribution in [2.75, 3.05) is 13.2 Å². The predicted octanol–water partition coefficient (Wildman–Crippen LogP) is 2.91. The van der Waals surface area contributed by atoms with Gasteiger partial charge in [0.1, 0.15) is 18.2 Å². The molecular formula is C25H36BN3O5. The summed E-state index contributed by atoms with van der Waals surface area (Å²) in [6.45, 7) is 8.18. The molecule has 1 aliphatic heterocycles. The zero-order valence-corrected chi connectivity index (χ0v) is 20.6. The van der Waals surface area contributed by atoms with Gasteiger partial charge >= 0.3 is 13.2 Å². The summed E-state index contributed by atoms with van der Waals surface area (Å²) >= 11 is 0. The fraction of sp³-hybridized carbons (Fsp3) is 0.560. The number of ether oxygens (including phenoxy) is 1. The lowest BCUT2D eigenvalue weighted by molar-refractivity contribution is -0.129. The van der Waals surface area contributed by atoms with E-state index in [9.17, 15) is 24.9 Å². The molecule has 1 fully saturated rings. The predicted molar refractivity (Wildman–Crippen MR) is 130 cm³/mol. The van der Waals surface area contributed by atoms with E-state index in [1.165, 1.54) is 0 Å². The van der Waals surface area contributed by atoms with Gasteiger partial charge in [-0.25, -0.2) is 4.79 Å². The Balaban J connectivity index is 2.04.